The SMILES string of the molecule is CCc1cc(C(C)(C)C)c(O)c2c1C[C@H]1C[C@H]3CC(=O)C(C(=O)CC(C)(C)C)=C(O)[C@@]3(O)C(=O)C1=C2O. The van der Waals surface area contributed by atoms with Crippen molar-refractivity contribution in [3.63, 3.8) is 0 Å². The zero-order valence-electron chi connectivity index (χ0n) is 22.8. The molecule has 3 atom stereocenters. The van der Waals surface area contributed by atoms with Crippen molar-refractivity contribution in [2.24, 2.45) is 17.3 Å². The lowest BCUT2D eigenvalue weighted by Gasteiger charge is -2.46. The van der Waals surface area contributed by atoms with Gasteiger partial charge in [-0.1, -0.05) is 54.5 Å². The van der Waals surface area contributed by atoms with Gasteiger partial charge in [0.1, 0.15) is 22.8 Å². The van der Waals surface area contributed by atoms with Crippen LogP contribution in [0.1, 0.15) is 90.0 Å². The number of allylic oxidation sites excluding steroid dienone is 1. The third-order valence-corrected chi connectivity index (χ3v) is 8.07. The van der Waals surface area contributed by atoms with Gasteiger partial charge in [-0.2, -0.15) is 0 Å². The fourth-order valence-electron chi connectivity index (χ4n) is 6.26. The Morgan fingerprint density at radius 1 is 1.05 bits per heavy atom. The number of phenolic OH excluding ortho intramolecular Hbond substituents is 1. The molecule has 3 aliphatic carbocycles. The first-order valence-electron chi connectivity index (χ1n) is 13.0. The maximum Gasteiger partial charge on any atom is 0.202 e. The molecule has 0 aromatic heterocycles. The molecule has 4 N–H and O–H groups in total. The van der Waals surface area contributed by atoms with Crippen molar-refractivity contribution in [2.45, 2.75) is 91.6 Å². The number of hydrogen-bond acceptors (Lipinski definition) is 7. The van der Waals surface area contributed by atoms with Gasteiger partial charge in [-0.25, -0.2) is 0 Å². The van der Waals surface area contributed by atoms with Crippen LogP contribution in [0.5, 0.6) is 5.75 Å². The number of aliphatic hydroxyl groups is 3. The maximum absolute atomic E-state index is 13.9. The Morgan fingerprint density at radius 3 is 2.22 bits per heavy atom. The number of phenols is 1. The van der Waals surface area contributed by atoms with Gasteiger partial charge in [0.15, 0.2) is 17.2 Å². The number of ketones is 3. The lowest BCUT2D eigenvalue weighted by Crippen LogP contribution is -2.58. The summed E-state index contributed by atoms with van der Waals surface area (Å²) < 4.78 is 0. The number of carbonyl (C=O) groups is 3. The molecule has 7 heteroatoms. The minimum atomic E-state index is -2.49. The number of rotatable bonds is 3. The normalized spacial score (nSPS) is 26.2. The van der Waals surface area contributed by atoms with Crippen LogP contribution in [0, 0.1) is 17.3 Å². The molecule has 0 unspecified atom stereocenters. The van der Waals surface area contributed by atoms with Crippen molar-refractivity contribution in [2.75, 3.05) is 0 Å². The monoisotopic (exact) mass is 510 g/mol. The van der Waals surface area contributed by atoms with Gasteiger partial charge in [0.25, 0.3) is 0 Å². The van der Waals surface area contributed by atoms with Crippen LogP contribution in [0.4, 0.5) is 0 Å². The summed E-state index contributed by atoms with van der Waals surface area (Å²) in [6.45, 7) is 13.3. The van der Waals surface area contributed by atoms with Crippen molar-refractivity contribution < 1.29 is 34.8 Å². The van der Waals surface area contributed by atoms with Crippen LogP contribution in [-0.2, 0) is 32.6 Å². The molecule has 1 saturated carbocycles. The molecule has 200 valence electrons. The summed E-state index contributed by atoms with van der Waals surface area (Å²) >= 11 is 0. The van der Waals surface area contributed by atoms with E-state index in [1.54, 1.807) is 0 Å². The predicted octanol–water partition coefficient (Wildman–Crippen LogP) is 4.80. The number of fused-ring (bicyclic) bond motifs is 3. The van der Waals surface area contributed by atoms with E-state index in [0.717, 1.165) is 11.1 Å². The molecule has 3 aliphatic rings. The molecule has 1 fully saturated rings. The highest BCUT2D eigenvalue weighted by atomic mass is 16.3. The Kier molecular flexibility index (Phi) is 6.27. The summed E-state index contributed by atoms with van der Waals surface area (Å²) in [5.41, 5.74) is -1.47. The lowest BCUT2D eigenvalue weighted by atomic mass is 9.58. The van der Waals surface area contributed by atoms with E-state index >= 15 is 0 Å². The van der Waals surface area contributed by atoms with Gasteiger partial charge >= 0.3 is 0 Å². The van der Waals surface area contributed by atoms with Crippen molar-refractivity contribution in [1.82, 2.24) is 0 Å². The van der Waals surface area contributed by atoms with Gasteiger partial charge < -0.3 is 20.4 Å². The van der Waals surface area contributed by atoms with E-state index in [-0.39, 0.29) is 36.1 Å². The third kappa shape index (κ3) is 4.12. The summed E-state index contributed by atoms with van der Waals surface area (Å²) in [5.74, 6) is -4.97. The van der Waals surface area contributed by atoms with Crippen LogP contribution in [0.15, 0.2) is 23.0 Å². The van der Waals surface area contributed by atoms with E-state index in [9.17, 15) is 34.8 Å². The van der Waals surface area contributed by atoms with Crippen molar-refractivity contribution in [3.8, 4) is 5.75 Å². The second-order valence-corrected chi connectivity index (χ2v) is 13.1. The van der Waals surface area contributed by atoms with E-state index in [1.165, 1.54) is 0 Å². The number of benzene rings is 1. The quantitative estimate of drug-likeness (QED) is 0.429. The Morgan fingerprint density at radius 2 is 1.68 bits per heavy atom. The van der Waals surface area contributed by atoms with Gasteiger partial charge in [0.2, 0.25) is 5.78 Å². The fourth-order valence-corrected chi connectivity index (χ4v) is 6.26. The number of carbonyl (C=O) groups excluding carboxylic acids is 3. The molecular formula is C30H38O7. The molecule has 0 amide bonds. The second-order valence-electron chi connectivity index (χ2n) is 13.1. The summed E-state index contributed by atoms with van der Waals surface area (Å²) in [7, 11) is 0. The third-order valence-electron chi connectivity index (χ3n) is 8.07. The Balaban J connectivity index is 1.92. The summed E-state index contributed by atoms with van der Waals surface area (Å²) in [6, 6.07) is 1.94. The molecule has 1 aromatic carbocycles. The van der Waals surface area contributed by atoms with Crippen molar-refractivity contribution in [1.29, 1.82) is 0 Å². The Bertz CT molecular complexity index is 1280. The Hall–Kier alpha value is -2.93. The summed E-state index contributed by atoms with van der Waals surface area (Å²) in [5, 5.41) is 45.4. The molecule has 0 aliphatic heterocycles. The number of hydrogen-bond donors (Lipinski definition) is 4. The first kappa shape index (κ1) is 27.1. The highest BCUT2D eigenvalue weighted by Crippen LogP contribution is 2.53. The Labute approximate surface area is 217 Å². The summed E-state index contributed by atoms with van der Waals surface area (Å²) in [6.07, 6.45) is 0.888. The molecule has 1 aromatic rings. The largest absolute Gasteiger partial charge is 0.508 e. The van der Waals surface area contributed by atoms with E-state index in [4.69, 9.17) is 0 Å². The van der Waals surface area contributed by atoms with Crippen LogP contribution in [0.3, 0.4) is 0 Å². The molecule has 0 radical (unpaired) electrons. The average molecular weight is 511 g/mol. The lowest BCUT2D eigenvalue weighted by molar-refractivity contribution is -0.147. The zero-order chi connectivity index (χ0) is 27.8. The van der Waals surface area contributed by atoms with E-state index in [1.807, 2.05) is 54.5 Å². The van der Waals surface area contributed by atoms with Crippen LogP contribution < -0.4 is 0 Å². The van der Waals surface area contributed by atoms with Crippen LogP contribution in [-0.4, -0.2) is 43.4 Å². The number of aromatic hydroxyl groups is 1. The first-order chi connectivity index (χ1) is 16.9. The highest BCUT2D eigenvalue weighted by molar-refractivity contribution is 6.23. The van der Waals surface area contributed by atoms with E-state index in [2.05, 4.69) is 0 Å². The van der Waals surface area contributed by atoms with Crippen LogP contribution in [0.2, 0.25) is 0 Å². The van der Waals surface area contributed by atoms with Gasteiger partial charge in [-0.3, -0.25) is 14.4 Å². The molecule has 7 nitrogen and oxygen atoms in total. The fraction of sp³-hybridized carbons (Fsp3) is 0.567. The summed E-state index contributed by atoms with van der Waals surface area (Å²) in [4.78, 5) is 39.8. The molecule has 4 rings (SSSR count). The molecule has 0 bridgehead atoms. The minimum absolute atomic E-state index is 0.0414. The maximum atomic E-state index is 13.9. The molecule has 37 heavy (non-hydrogen) atoms. The van der Waals surface area contributed by atoms with Crippen molar-refractivity contribution in [3.05, 3.63) is 45.2 Å². The smallest absolute Gasteiger partial charge is 0.202 e. The topological polar surface area (TPSA) is 132 Å². The van der Waals surface area contributed by atoms with Crippen LogP contribution >= 0.6 is 0 Å². The molecule has 0 heterocycles. The van der Waals surface area contributed by atoms with E-state index < -0.39 is 62.7 Å². The standard InChI is InChI=1S/C30H38O7/c1-8-14-11-18(29(5,6)7)24(33)22-17(14)10-15-9-16-12-19(31)23(20(32)13-28(2,3)4)27(36)30(16,37)26(35)21(15)25(22)34/h11,15-16,33-34,36-37H,8-10,12-13H2,1-7H3/t15-,16+,30+/m1/s1. The zero-order valence-corrected chi connectivity index (χ0v) is 22.8. The molecule has 0 spiro atoms. The molecular weight excluding hydrogens is 472 g/mol. The second kappa shape index (κ2) is 8.55. The van der Waals surface area contributed by atoms with Gasteiger partial charge in [0, 0.05) is 29.9 Å². The average Bonchev–Trinajstić information content (AvgIpc) is 2.74. The number of aliphatic hydroxyl groups excluding tert-OH is 2. The van der Waals surface area contributed by atoms with Gasteiger partial charge in [0.05, 0.1) is 5.56 Å². The first-order valence-corrected chi connectivity index (χ1v) is 13.0. The molecule has 0 saturated heterocycles. The van der Waals surface area contributed by atoms with E-state index in [0.29, 0.717) is 18.4 Å². The van der Waals surface area contributed by atoms with Gasteiger partial charge in [-0.05, 0) is 47.1 Å². The highest BCUT2D eigenvalue weighted by Gasteiger charge is 2.60. The van der Waals surface area contributed by atoms with Crippen LogP contribution in [0.25, 0.3) is 5.76 Å². The van der Waals surface area contributed by atoms with Crippen molar-refractivity contribution >= 4 is 23.1 Å². The minimum Gasteiger partial charge on any atom is -0.508 e. The van der Waals surface area contributed by atoms with Gasteiger partial charge in [-0.15, -0.1) is 0 Å². The number of Topliss-reactive ketones (excluding diaryl/α,β-unsaturated/α-hetero) is 3. The predicted molar refractivity (Wildman–Crippen MR) is 139 cm³/mol. The number of aryl methyl sites for hydroxylation is 1.